The van der Waals surface area contributed by atoms with Crippen molar-refractivity contribution in [1.82, 2.24) is 4.98 Å². The molecule has 0 N–H and O–H groups in total. The highest BCUT2D eigenvalue weighted by molar-refractivity contribution is 5.96. The van der Waals surface area contributed by atoms with Crippen molar-refractivity contribution in [2.45, 2.75) is 0 Å². The first-order chi connectivity index (χ1) is 7.33. The second kappa shape index (κ2) is 3.96. The van der Waals surface area contributed by atoms with Gasteiger partial charge in [0.15, 0.2) is 6.39 Å². The fourth-order valence-corrected chi connectivity index (χ4v) is 1.34. The van der Waals surface area contributed by atoms with Crippen LogP contribution in [-0.4, -0.2) is 18.1 Å². The summed E-state index contributed by atoms with van der Waals surface area (Å²) in [5.41, 5.74) is 1.81. The zero-order valence-corrected chi connectivity index (χ0v) is 8.14. The van der Waals surface area contributed by atoms with E-state index >= 15 is 0 Å². The maximum Gasteiger partial charge on any atom is 0.338 e. The lowest BCUT2D eigenvalue weighted by molar-refractivity contribution is 0.0601. The van der Waals surface area contributed by atoms with E-state index in [9.17, 15) is 4.79 Å². The molecule has 0 bridgehead atoms. The Kier molecular flexibility index (Phi) is 2.49. The van der Waals surface area contributed by atoms with Gasteiger partial charge < -0.3 is 9.15 Å². The number of benzene rings is 1. The molecule has 1 aromatic heterocycles. The normalized spacial score (nSPS) is 9.93. The van der Waals surface area contributed by atoms with Crippen molar-refractivity contribution in [2.75, 3.05) is 7.11 Å². The number of methoxy groups -OCH3 is 1. The average molecular weight is 203 g/mol. The van der Waals surface area contributed by atoms with Crippen molar-refractivity contribution < 1.29 is 13.9 Å². The molecule has 4 nitrogen and oxygen atoms in total. The molecule has 1 aromatic carbocycles. The van der Waals surface area contributed by atoms with Crippen LogP contribution >= 0.6 is 0 Å². The van der Waals surface area contributed by atoms with E-state index in [0.717, 1.165) is 0 Å². The number of nitrogens with zero attached hydrogens (tertiary/aromatic N) is 1. The third-order valence-electron chi connectivity index (χ3n) is 2.04. The third kappa shape index (κ3) is 1.74. The molecule has 2 rings (SSSR count). The van der Waals surface area contributed by atoms with Gasteiger partial charge in [-0.25, -0.2) is 9.78 Å². The Bertz CT molecular complexity index is 462. The van der Waals surface area contributed by atoms with Gasteiger partial charge in [-0.3, -0.25) is 0 Å². The molecule has 0 saturated carbocycles. The topological polar surface area (TPSA) is 52.3 Å². The molecule has 0 saturated heterocycles. The minimum Gasteiger partial charge on any atom is -0.465 e. The Hall–Kier alpha value is -2.10. The second-order valence-corrected chi connectivity index (χ2v) is 2.91. The number of oxazole rings is 1. The summed E-state index contributed by atoms with van der Waals surface area (Å²) < 4.78 is 9.55. The van der Waals surface area contributed by atoms with Crippen LogP contribution in [0.4, 0.5) is 0 Å². The lowest BCUT2D eigenvalue weighted by Crippen LogP contribution is -2.03. The number of rotatable bonds is 2. The molecular weight excluding hydrogens is 194 g/mol. The Morgan fingerprint density at radius 1 is 1.40 bits per heavy atom. The summed E-state index contributed by atoms with van der Waals surface area (Å²) in [5, 5.41) is 0. The van der Waals surface area contributed by atoms with Gasteiger partial charge in [-0.05, 0) is 6.07 Å². The molecule has 0 unspecified atom stereocenters. The summed E-state index contributed by atoms with van der Waals surface area (Å²) in [4.78, 5) is 15.4. The smallest absolute Gasteiger partial charge is 0.338 e. The summed E-state index contributed by atoms with van der Waals surface area (Å²) in [6.45, 7) is 0. The molecule has 76 valence electrons. The predicted molar refractivity (Wildman–Crippen MR) is 53.3 cm³/mol. The van der Waals surface area contributed by atoms with Crippen molar-refractivity contribution in [1.29, 1.82) is 0 Å². The van der Waals surface area contributed by atoms with Crippen molar-refractivity contribution in [3.05, 3.63) is 42.5 Å². The van der Waals surface area contributed by atoms with Gasteiger partial charge in [-0.1, -0.05) is 18.2 Å². The third-order valence-corrected chi connectivity index (χ3v) is 2.04. The molecule has 4 heteroatoms. The molecule has 0 aliphatic heterocycles. The zero-order chi connectivity index (χ0) is 10.7. The highest BCUT2D eigenvalue weighted by atomic mass is 16.5. The standard InChI is InChI=1S/C11H9NO3/c1-14-11(13)9-5-3-2-4-8(9)10-6-15-7-12-10/h2-7H,1H3. The summed E-state index contributed by atoms with van der Waals surface area (Å²) in [6, 6.07) is 7.09. The number of hydrogen-bond donors (Lipinski definition) is 0. The van der Waals surface area contributed by atoms with Gasteiger partial charge in [0.1, 0.15) is 12.0 Å². The largest absolute Gasteiger partial charge is 0.465 e. The van der Waals surface area contributed by atoms with E-state index in [4.69, 9.17) is 4.42 Å². The SMILES string of the molecule is COC(=O)c1ccccc1-c1cocn1. The van der Waals surface area contributed by atoms with E-state index in [1.165, 1.54) is 19.8 Å². The Morgan fingerprint density at radius 3 is 2.87 bits per heavy atom. The van der Waals surface area contributed by atoms with Gasteiger partial charge >= 0.3 is 5.97 Å². The van der Waals surface area contributed by atoms with Crippen LogP contribution in [0, 0.1) is 0 Å². The number of hydrogen-bond acceptors (Lipinski definition) is 4. The summed E-state index contributed by atoms with van der Waals surface area (Å²) in [5.74, 6) is -0.381. The maximum atomic E-state index is 11.4. The number of ether oxygens (including phenoxy) is 1. The average Bonchev–Trinajstić information content (AvgIpc) is 2.81. The van der Waals surface area contributed by atoms with Crippen molar-refractivity contribution >= 4 is 5.97 Å². The fraction of sp³-hybridized carbons (Fsp3) is 0.0909. The molecule has 1 heterocycles. The van der Waals surface area contributed by atoms with Crippen molar-refractivity contribution in [3.8, 4) is 11.3 Å². The van der Waals surface area contributed by atoms with Crippen LogP contribution in [0.2, 0.25) is 0 Å². The highest BCUT2D eigenvalue weighted by Crippen LogP contribution is 2.22. The van der Waals surface area contributed by atoms with Crippen LogP contribution in [0.5, 0.6) is 0 Å². The van der Waals surface area contributed by atoms with E-state index in [2.05, 4.69) is 9.72 Å². The number of esters is 1. The Balaban J connectivity index is 2.52. The summed E-state index contributed by atoms with van der Waals surface area (Å²) >= 11 is 0. The van der Waals surface area contributed by atoms with Crippen molar-refractivity contribution in [2.24, 2.45) is 0 Å². The Labute approximate surface area is 86.5 Å². The fourth-order valence-electron chi connectivity index (χ4n) is 1.34. The molecule has 0 atom stereocenters. The van der Waals surface area contributed by atoms with E-state index in [1.54, 1.807) is 18.2 Å². The van der Waals surface area contributed by atoms with E-state index in [0.29, 0.717) is 16.8 Å². The van der Waals surface area contributed by atoms with Gasteiger partial charge in [0.25, 0.3) is 0 Å². The first-order valence-corrected chi connectivity index (χ1v) is 4.39. The lowest BCUT2D eigenvalue weighted by atomic mass is 10.1. The minimum absolute atomic E-state index is 0.381. The zero-order valence-electron chi connectivity index (χ0n) is 8.14. The molecule has 0 radical (unpaired) electrons. The molecule has 0 aliphatic rings. The minimum atomic E-state index is -0.381. The molecule has 15 heavy (non-hydrogen) atoms. The molecule has 0 fully saturated rings. The summed E-state index contributed by atoms with van der Waals surface area (Å²) in [6.07, 6.45) is 2.81. The lowest BCUT2D eigenvalue weighted by Gasteiger charge is -2.03. The quantitative estimate of drug-likeness (QED) is 0.701. The molecule has 0 aliphatic carbocycles. The molecule has 0 amide bonds. The predicted octanol–water partition coefficient (Wildman–Crippen LogP) is 2.13. The van der Waals surface area contributed by atoms with Gasteiger partial charge in [-0.2, -0.15) is 0 Å². The van der Waals surface area contributed by atoms with Crippen LogP contribution in [0.15, 0.2) is 41.3 Å². The van der Waals surface area contributed by atoms with Crippen molar-refractivity contribution in [3.63, 3.8) is 0 Å². The van der Waals surface area contributed by atoms with Gasteiger partial charge in [-0.15, -0.1) is 0 Å². The Morgan fingerprint density at radius 2 is 2.20 bits per heavy atom. The van der Waals surface area contributed by atoms with Gasteiger partial charge in [0, 0.05) is 5.56 Å². The van der Waals surface area contributed by atoms with Gasteiger partial charge in [0.05, 0.1) is 12.7 Å². The highest BCUT2D eigenvalue weighted by Gasteiger charge is 2.13. The molecular formula is C11H9NO3. The van der Waals surface area contributed by atoms with Crippen LogP contribution in [0.1, 0.15) is 10.4 Å². The first kappa shape index (κ1) is 9.45. The number of carbonyl (C=O) groups excluding carboxylic acids is 1. The van der Waals surface area contributed by atoms with Crippen LogP contribution < -0.4 is 0 Å². The number of aromatic nitrogens is 1. The van der Waals surface area contributed by atoms with E-state index in [1.807, 2.05) is 6.07 Å². The van der Waals surface area contributed by atoms with E-state index in [-0.39, 0.29) is 5.97 Å². The molecule has 0 spiro atoms. The summed E-state index contributed by atoms with van der Waals surface area (Å²) in [7, 11) is 1.35. The van der Waals surface area contributed by atoms with Crippen LogP contribution in [0.3, 0.4) is 0 Å². The maximum absolute atomic E-state index is 11.4. The van der Waals surface area contributed by atoms with Crippen LogP contribution in [-0.2, 0) is 4.74 Å². The molecule has 2 aromatic rings. The van der Waals surface area contributed by atoms with Gasteiger partial charge in [0.2, 0.25) is 0 Å². The van der Waals surface area contributed by atoms with Crippen LogP contribution in [0.25, 0.3) is 11.3 Å². The number of carbonyl (C=O) groups is 1. The second-order valence-electron chi connectivity index (χ2n) is 2.91. The monoisotopic (exact) mass is 203 g/mol. The van der Waals surface area contributed by atoms with E-state index < -0.39 is 0 Å². The first-order valence-electron chi connectivity index (χ1n) is 4.39.